The molecule has 0 aromatic carbocycles. The van der Waals surface area contributed by atoms with Gasteiger partial charge in [0.2, 0.25) is 5.95 Å². The van der Waals surface area contributed by atoms with E-state index >= 15 is 0 Å². The third kappa shape index (κ3) is 2.21. The summed E-state index contributed by atoms with van der Waals surface area (Å²) in [6.07, 6.45) is 8.80. The maximum Gasteiger partial charge on any atom is 0.225 e. The molecular formula is C12H17N3O. The highest BCUT2D eigenvalue weighted by molar-refractivity contribution is 5.73. The van der Waals surface area contributed by atoms with E-state index in [1.807, 2.05) is 0 Å². The second-order valence-electron chi connectivity index (χ2n) is 4.19. The van der Waals surface area contributed by atoms with E-state index in [9.17, 15) is 4.79 Å². The number of aldehydes is 1. The van der Waals surface area contributed by atoms with Crippen LogP contribution in [0.3, 0.4) is 0 Å². The Bertz CT molecular complexity index is 350. The van der Waals surface area contributed by atoms with Gasteiger partial charge >= 0.3 is 0 Å². The van der Waals surface area contributed by atoms with Gasteiger partial charge < -0.3 is 4.90 Å². The van der Waals surface area contributed by atoms with Gasteiger partial charge in [0.15, 0.2) is 6.29 Å². The summed E-state index contributed by atoms with van der Waals surface area (Å²) in [6, 6.07) is 0.552. The second kappa shape index (κ2) is 5.05. The summed E-state index contributed by atoms with van der Waals surface area (Å²) in [5.41, 5.74) is 0.536. The van der Waals surface area contributed by atoms with Crippen LogP contribution in [0.2, 0.25) is 0 Å². The topological polar surface area (TPSA) is 46.1 Å². The fourth-order valence-corrected chi connectivity index (χ4v) is 2.23. The molecule has 1 atom stereocenters. The number of hydrogen-bond acceptors (Lipinski definition) is 4. The predicted molar refractivity (Wildman–Crippen MR) is 62.7 cm³/mol. The third-order valence-electron chi connectivity index (χ3n) is 3.15. The first-order valence-corrected chi connectivity index (χ1v) is 5.89. The largest absolute Gasteiger partial charge is 0.338 e. The van der Waals surface area contributed by atoms with E-state index in [-0.39, 0.29) is 0 Å². The summed E-state index contributed by atoms with van der Waals surface area (Å²) >= 11 is 0. The van der Waals surface area contributed by atoms with Crippen LogP contribution in [0.5, 0.6) is 0 Å². The van der Waals surface area contributed by atoms with Crippen molar-refractivity contribution in [2.24, 2.45) is 0 Å². The van der Waals surface area contributed by atoms with Crippen LogP contribution in [0.1, 0.15) is 43.0 Å². The first-order valence-electron chi connectivity index (χ1n) is 5.89. The molecule has 1 unspecified atom stereocenters. The van der Waals surface area contributed by atoms with Crippen molar-refractivity contribution in [3.05, 3.63) is 18.0 Å². The Kier molecular flexibility index (Phi) is 3.49. The number of carbonyl (C=O) groups excluding carboxylic acids is 1. The molecule has 86 valence electrons. The molecule has 0 saturated carbocycles. The van der Waals surface area contributed by atoms with Crippen LogP contribution in [0.15, 0.2) is 12.4 Å². The lowest BCUT2D eigenvalue weighted by Gasteiger charge is -2.35. The Morgan fingerprint density at radius 1 is 1.44 bits per heavy atom. The second-order valence-corrected chi connectivity index (χ2v) is 4.19. The molecule has 0 spiro atoms. The zero-order valence-corrected chi connectivity index (χ0v) is 9.59. The summed E-state index contributed by atoms with van der Waals surface area (Å²) < 4.78 is 0. The lowest BCUT2D eigenvalue weighted by atomic mass is 10.0. The summed E-state index contributed by atoms with van der Waals surface area (Å²) in [5.74, 6) is 0.761. The minimum Gasteiger partial charge on any atom is -0.338 e. The van der Waals surface area contributed by atoms with E-state index in [2.05, 4.69) is 21.8 Å². The Labute approximate surface area is 95.7 Å². The number of carbonyl (C=O) groups is 1. The van der Waals surface area contributed by atoms with Gasteiger partial charge in [0.25, 0.3) is 0 Å². The van der Waals surface area contributed by atoms with Gasteiger partial charge in [-0.15, -0.1) is 0 Å². The van der Waals surface area contributed by atoms with Crippen LogP contribution in [0, 0.1) is 0 Å². The number of rotatable bonds is 3. The van der Waals surface area contributed by atoms with E-state index < -0.39 is 0 Å². The van der Waals surface area contributed by atoms with Crippen LogP contribution >= 0.6 is 0 Å². The summed E-state index contributed by atoms with van der Waals surface area (Å²) in [4.78, 5) is 21.3. The molecule has 1 aliphatic rings. The molecule has 4 heteroatoms. The van der Waals surface area contributed by atoms with Gasteiger partial charge in [-0.1, -0.05) is 6.92 Å². The van der Waals surface area contributed by atoms with Crippen molar-refractivity contribution in [3.63, 3.8) is 0 Å². The Morgan fingerprint density at radius 3 is 2.81 bits per heavy atom. The average Bonchev–Trinajstić information content (AvgIpc) is 2.39. The quantitative estimate of drug-likeness (QED) is 0.730. The van der Waals surface area contributed by atoms with E-state index in [0.717, 1.165) is 25.2 Å². The van der Waals surface area contributed by atoms with Gasteiger partial charge in [0.1, 0.15) is 0 Å². The van der Waals surface area contributed by atoms with Crippen LogP contribution in [-0.4, -0.2) is 28.8 Å². The van der Waals surface area contributed by atoms with Crippen molar-refractivity contribution in [2.45, 2.75) is 38.6 Å². The van der Waals surface area contributed by atoms with Crippen molar-refractivity contribution in [3.8, 4) is 0 Å². The van der Waals surface area contributed by atoms with E-state index in [1.54, 1.807) is 12.4 Å². The Balaban J connectivity index is 2.17. The maximum absolute atomic E-state index is 10.5. The van der Waals surface area contributed by atoms with Crippen LogP contribution in [0.25, 0.3) is 0 Å². The molecule has 0 radical (unpaired) electrons. The van der Waals surface area contributed by atoms with Crippen LogP contribution < -0.4 is 4.90 Å². The number of aromatic nitrogens is 2. The van der Waals surface area contributed by atoms with Crippen molar-refractivity contribution in [2.75, 3.05) is 11.4 Å². The summed E-state index contributed by atoms with van der Waals surface area (Å²) in [5, 5.41) is 0. The van der Waals surface area contributed by atoms with E-state index in [0.29, 0.717) is 11.6 Å². The van der Waals surface area contributed by atoms with Gasteiger partial charge in [0, 0.05) is 25.0 Å². The highest BCUT2D eigenvalue weighted by Crippen LogP contribution is 2.23. The Hall–Kier alpha value is -1.45. The number of piperidine rings is 1. The molecule has 16 heavy (non-hydrogen) atoms. The lowest BCUT2D eigenvalue weighted by Crippen LogP contribution is -2.40. The molecule has 1 aromatic rings. The van der Waals surface area contributed by atoms with Gasteiger partial charge in [-0.25, -0.2) is 9.97 Å². The van der Waals surface area contributed by atoms with Crippen molar-refractivity contribution in [1.82, 2.24) is 9.97 Å². The van der Waals surface area contributed by atoms with Gasteiger partial charge in [-0.3, -0.25) is 4.79 Å². The van der Waals surface area contributed by atoms with Crippen molar-refractivity contribution in [1.29, 1.82) is 0 Å². The minimum absolute atomic E-state index is 0.536. The van der Waals surface area contributed by atoms with Gasteiger partial charge in [-0.2, -0.15) is 0 Å². The molecule has 0 bridgehead atoms. The predicted octanol–water partition coefficient (Wildman–Crippen LogP) is 2.06. The number of nitrogens with zero attached hydrogens (tertiary/aromatic N) is 3. The first kappa shape index (κ1) is 11.0. The lowest BCUT2D eigenvalue weighted by molar-refractivity contribution is 0.112. The molecule has 1 aliphatic heterocycles. The van der Waals surface area contributed by atoms with Gasteiger partial charge in [0.05, 0.1) is 5.56 Å². The van der Waals surface area contributed by atoms with Gasteiger partial charge in [-0.05, 0) is 25.7 Å². The molecule has 2 rings (SSSR count). The SMILES string of the molecule is CCC1CCCCN1c1ncc(C=O)cn1. The maximum atomic E-state index is 10.5. The standard InChI is InChI=1S/C12H17N3O/c1-2-11-5-3-4-6-15(11)12-13-7-10(9-16)8-14-12/h7-9,11H,2-6H2,1H3. The molecule has 1 saturated heterocycles. The number of hydrogen-bond donors (Lipinski definition) is 0. The molecule has 2 heterocycles. The molecule has 4 nitrogen and oxygen atoms in total. The Morgan fingerprint density at radius 2 is 2.19 bits per heavy atom. The normalized spacial score (nSPS) is 20.8. The van der Waals surface area contributed by atoms with Crippen molar-refractivity contribution >= 4 is 12.2 Å². The molecule has 1 fully saturated rings. The molecule has 0 amide bonds. The minimum atomic E-state index is 0.536. The van der Waals surface area contributed by atoms with Crippen LogP contribution in [-0.2, 0) is 0 Å². The summed E-state index contributed by atoms with van der Waals surface area (Å²) in [7, 11) is 0. The monoisotopic (exact) mass is 219 g/mol. The smallest absolute Gasteiger partial charge is 0.225 e. The molecule has 0 aliphatic carbocycles. The molecule has 1 aromatic heterocycles. The molecule has 0 N–H and O–H groups in total. The highest BCUT2D eigenvalue weighted by Gasteiger charge is 2.22. The average molecular weight is 219 g/mol. The highest BCUT2D eigenvalue weighted by atomic mass is 16.1. The van der Waals surface area contributed by atoms with E-state index in [1.165, 1.54) is 19.3 Å². The number of anilines is 1. The van der Waals surface area contributed by atoms with Crippen LogP contribution in [0.4, 0.5) is 5.95 Å². The fraction of sp³-hybridized carbons (Fsp3) is 0.583. The van der Waals surface area contributed by atoms with Crippen molar-refractivity contribution < 1.29 is 4.79 Å². The zero-order valence-electron chi connectivity index (χ0n) is 9.59. The zero-order chi connectivity index (χ0) is 11.4. The third-order valence-corrected chi connectivity index (χ3v) is 3.15. The molecular weight excluding hydrogens is 202 g/mol. The summed E-state index contributed by atoms with van der Waals surface area (Å²) in [6.45, 7) is 3.22. The fourth-order valence-electron chi connectivity index (χ4n) is 2.23. The van der Waals surface area contributed by atoms with E-state index in [4.69, 9.17) is 0 Å². The first-order chi connectivity index (χ1) is 7.85.